The zero-order valence-corrected chi connectivity index (χ0v) is 27.5. The molecule has 46 heavy (non-hydrogen) atoms. The number of carbonyl (C=O) groups excluding carboxylic acids is 2. The number of aliphatic hydroxyl groups excluding tert-OH is 1. The Morgan fingerprint density at radius 1 is 1.17 bits per heavy atom. The molecule has 3 saturated carbocycles. The zero-order valence-electron chi connectivity index (χ0n) is 27.5. The molecule has 1 aromatic rings. The molecule has 1 heterocycles. The molecule has 1 aromatic carbocycles. The van der Waals surface area contributed by atoms with Gasteiger partial charge in [0.1, 0.15) is 6.17 Å². The molecule has 2 N–H and O–H groups in total. The minimum atomic E-state index is -2.18. The van der Waals surface area contributed by atoms with Crippen LogP contribution >= 0.6 is 0 Å². The monoisotopic (exact) mass is 639 g/mol. The first-order valence-electron chi connectivity index (χ1n) is 16.7. The van der Waals surface area contributed by atoms with Crippen molar-refractivity contribution in [3.8, 4) is 0 Å². The van der Waals surface area contributed by atoms with Gasteiger partial charge in [-0.3, -0.25) is 4.79 Å². The predicted molar refractivity (Wildman–Crippen MR) is 169 cm³/mol. The molecule has 10 atom stereocenters. The second kappa shape index (κ2) is 11.8. The minimum Gasteiger partial charge on any atom is -0.454 e. The summed E-state index contributed by atoms with van der Waals surface area (Å²) in [6, 6.07) is 7.32. The molecule has 0 spiro atoms. The van der Waals surface area contributed by atoms with Crippen LogP contribution in [-0.2, 0) is 25.5 Å². The highest BCUT2D eigenvalue weighted by atomic mass is 19.1. The van der Waals surface area contributed by atoms with Gasteiger partial charge < -0.3 is 24.6 Å². The number of esters is 1. The molecule has 6 rings (SSSR count). The molecule has 1 unspecified atom stereocenters. The molecule has 4 aliphatic carbocycles. The highest BCUT2D eigenvalue weighted by molar-refractivity contribution is 5.95. The van der Waals surface area contributed by atoms with Crippen molar-refractivity contribution in [1.29, 1.82) is 0 Å². The number of hydrogen-bond donors (Lipinski definition) is 2. The third-order valence-corrected chi connectivity index (χ3v) is 11.7. The van der Waals surface area contributed by atoms with E-state index in [1.54, 1.807) is 37.3 Å². The summed E-state index contributed by atoms with van der Waals surface area (Å²) >= 11 is 0. The van der Waals surface area contributed by atoms with Crippen molar-refractivity contribution in [3.63, 3.8) is 0 Å². The number of allylic oxidation sites excluding steroid dienone is 5. The van der Waals surface area contributed by atoms with E-state index in [-0.39, 0.29) is 24.8 Å². The van der Waals surface area contributed by atoms with Gasteiger partial charge in [-0.25, -0.2) is 13.6 Å². The largest absolute Gasteiger partial charge is 0.454 e. The van der Waals surface area contributed by atoms with Gasteiger partial charge in [0.05, 0.1) is 17.8 Å². The number of ether oxygens (including phenoxy) is 3. The van der Waals surface area contributed by atoms with Crippen molar-refractivity contribution in [2.45, 2.75) is 115 Å². The maximum absolute atomic E-state index is 17.7. The van der Waals surface area contributed by atoms with Gasteiger partial charge in [-0.2, -0.15) is 0 Å². The summed E-state index contributed by atoms with van der Waals surface area (Å²) in [7, 11) is 0. The van der Waals surface area contributed by atoms with Crippen LogP contribution in [-0.4, -0.2) is 65.4 Å². The smallest absolute Gasteiger partial charge is 0.338 e. The van der Waals surface area contributed by atoms with E-state index in [0.29, 0.717) is 30.1 Å². The van der Waals surface area contributed by atoms with Crippen molar-refractivity contribution in [2.24, 2.45) is 22.7 Å². The molecule has 7 nitrogen and oxygen atoms in total. The third-order valence-electron chi connectivity index (χ3n) is 11.7. The van der Waals surface area contributed by atoms with Crippen molar-refractivity contribution in [3.05, 3.63) is 71.3 Å². The Hall–Kier alpha value is -2.72. The molecular formula is C37H47F2NO6. The predicted octanol–water partition coefficient (Wildman–Crippen LogP) is 6.11. The number of ketones is 1. The number of rotatable bonds is 9. The number of carbonyl (C=O) groups is 2. The molecule has 9 heteroatoms. The lowest BCUT2D eigenvalue weighted by molar-refractivity contribution is -0.234. The van der Waals surface area contributed by atoms with Crippen LogP contribution in [0.2, 0.25) is 0 Å². The van der Waals surface area contributed by atoms with E-state index < -0.39 is 77.0 Å². The van der Waals surface area contributed by atoms with Gasteiger partial charge in [0.15, 0.2) is 24.2 Å². The van der Waals surface area contributed by atoms with E-state index in [2.05, 4.69) is 25.7 Å². The molecule has 0 bridgehead atoms. The quantitative estimate of drug-likeness (QED) is 0.315. The summed E-state index contributed by atoms with van der Waals surface area (Å²) in [6.07, 6.45) is 1.86. The number of fused-ring (bicyclic) bond motifs is 7. The van der Waals surface area contributed by atoms with Crippen LogP contribution in [0.25, 0.3) is 0 Å². The van der Waals surface area contributed by atoms with E-state index in [9.17, 15) is 14.7 Å². The number of Topliss-reactive ketones (excluding diaryl/α,β-unsaturated/α-hetero) is 1. The van der Waals surface area contributed by atoms with Crippen LogP contribution in [0, 0.1) is 22.7 Å². The van der Waals surface area contributed by atoms with Gasteiger partial charge in [-0.15, -0.1) is 0 Å². The molecule has 0 amide bonds. The van der Waals surface area contributed by atoms with Crippen molar-refractivity contribution in [1.82, 2.24) is 5.32 Å². The molecular weight excluding hydrogens is 592 g/mol. The Labute approximate surface area is 270 Å². The molecule has 0 radical (unpaired) electrons. The molecule has 250 valence electrons. The lowest BCUT2D eigenvalue weighted by Crippen LogP contribution is -2.70. The van der Waals surface area contributed by atoms with E-state index in [0.717, 1.165) is 12.0 Å². The number of nitrogens with one attached hydrogen (secondary N) is 1. The highest BCUT2D eigenvalue weighted by Crippen LogP contribution is 2.72. The third kappa shape index (κ3) is 4.79. The first kappa shape index (κ1) is 33.2. The lowest BCUT2D eigenvalue weighted by atomic mass is 9.44. The van der Waals surface area contributed by atoms with Gasteiger partial charge in [0.25, 0.3) is 0 Å². The van der Waals surface area contributed by atoms with Gasteiger partial charge in [0.2, 0.25) is 5.78 Å². The molecule has 0 aromatic heterocycles. The fourth-order valence-electron chi connectivity index (χ4n) is 9.36. The number of hydrogen-bond acceptors (Lipinski definition) is 7. The molecule has 4 fully saturated rings. The Kier molecular flexibility index (Phi) is 8.48. The second-order valence-corrected chi connectivity index (χ2v) is 14.7. The maximum atomic E-state index is 17.7. The number of aliphatic hydroxyl groups is 1. The molecule has 1 aliphatic heterocycles. The zero-order chi connectivity index (χ0) is 33.2. The second-order valence-electron chi connectivity index (χ2n) is 14.7. The fourth-order valence-corrected chi connectivity index (χ4v) is 9.36. The van der Waals surface area contributed by atoms with E-state index in [1.807, 2.05) is 26.0 Å². The summed E-state index contributed by atoms with van der Waals surface area (Å²) in [5.41, 5.74) is -4.06. The van der Waals surface area contributed by atoms with Crippen molar-refractivity contribution < 1.29 is 37.7 Å². The topological polar surface area (TPSA) is 94.1 Å². The van der Waals surface area contributed by atoms with Gasteiger partial charge in [-0.05, 0) is 67.4 Å². The Balaban J connectivity index is 1.28. The van der Waals surface area contributed by atoms with E-state index >= 15 is 8.78 Å². The Morgan fingerprint density at radius 3 is 2.57 bits per heavy atom. The standard InChI is InChI=1S/C37H47F2NO6/c1-7-8-32-45-31-17-25-26-16-28(38)27-15-22(4)13-14-34(27,5)36(26,39)29(41)18-35(25,6)37(31,46-32)30(42)20-44-33(43)24-11-9-23(10-12-24)19-40-21(2)3/h9-15,21,25-26,28-29,31-32,40-41H,4,7-8,16-20H2,1-3,5-6H3/t25-,26-,28-,29-,31+,32?,34-,35-,36-,37+/m0/s1. The van der Waals surface area contributed by atoms with Gasteiger partial charge in [-0.1, -0.05) is 71.1 Å². The van der Waals surface area contributed by atoms with Crippen LogP contribution in [0.5, 0.6) is 0 Å². The number of benzene rings is 1. The average molecular weight is 640 g/mol. The molecule has 1 saturated heterocycles. The van der Waals surface area contributed by atoms with Crippen LogP contribution in [0.15, 0.2) is 60.2 Å². The number of halogens is 2. The normalized spacial score (nSPS) is 41.0. The summed E-state index contributed by atoms with van der Waals surface area (Å²) in [4.78, 5) is 27.4. The van der Waals surface area contributed by atoms with Crippen LogP contribution in [0.4, 0.5) is 8.78 Å². The van der Waals surface area contributed by atoms with Gasteiger partial charge >= 0.3 is 5.97 Å². The van der Waals surface area contributed by atoms with Crippen LogP contribution in [0.3, 0.4) is 0 Å². The fraction of sp³-hybridized carbons (Fsp3) is 0.622. The Morgan fingerprint density at radius 2 is 1.89 bits per heavy atom. The van der Waals surface area contributed by atoms with Crippen LogP contribution < -0.4 is 5.32 Å². The average Bonchev–Trinajstić information content (AvgIpc) is 3.49. The number of alkyl halides is 2. The first-order chi connectivity index (χ1) is 21.7. The summed E-state index contributed by atoms with van der Waals surface area (Å²) in [5.74, 6) is -2.58. The summed E-state index contributed by atoms with van der Waals surface area (Å²) < 4.78 is 52.2. The van der Waals surface area contributed by atoms with Crippen molar-refractivity contribution >= 4 is 11.8 Å². The Bertz CT molecular complexity index is 1460. The summed E-state index contributed by atoms with van der Waals surface area (Å²) in [6.45, 7) is 13.6. The molecule has 5 aliphatic rings. The van der Waals surface area contributed by atoms with E-state index in [1.165, 1.54) is 0 Å². The maximum Gasteiger partial charge on any atom is 0.338 e. The highest BCUT2D eigenvalue weighted by Gasteiger charge is 2.80. The lowest BCUT2D eigenvalue weighted by Gasteiger charge is -2.63. The van der Waals surface area contributed by atoms with Gasteiger partial charge in [0, 0.05) is 29.3 Å². The van der Waals surface area contributed by atoms with Crippen LogP contribution in [0.1, 0.15) is 82.6 Å². The first-order valence-corrected chi connectivity index (χ1v) is 16.7. The summed E-state index contributed by atoms with van der Waals surface area (Å²) in [5, 5.41) is 15.1. The minimum absolute atomic E-state index is 0.0937. The van der Waals surface area contributed by atoms with Crippen molar-refractivity contribution in [2.75, 3.05) is 6.61 Å². The SMILES string of the molecule is C=C1C=C[C@@]2(C)C(=C1)[C@@H](F)C[C@H]1[C@@H]3C[C@H]4OC(CCC)O[C@@]4(C(=O)COC(=O)c4ccc(CNC(C)C)cc4)[C@@]3(C)C[C@H](O)[C@@]12F. The van der Waals surface area contributed by atoms with E-state index in [4.69, 9.17) is 14.2 Å².